The molecule has 6 atom stereocenters. The molecule has 3 rings (SSSR count). The molecule has 0 aromatic carbocycles. The maximum atomic E-state index is 11.5. The van der Waals surface area contributed by atoms with Crippen molar-refractivity contribution in [3.05, 3.63) is 0 Å². The first-order valence-electron chi connectivity index (χ1n) is 14.6. The summed E-state index contributed by atoms with van der Waals surface area (Å²) in [7, 11) is -9.19. The van der Waals surface area contributed by atoms with Gasteiger partial charge in [0.15, 0.2) is 0 Å². The van der Waals surface area contributed by atoms with Crippen LogP contribution in [0, 0.1) is 17.8 Å². The van der Waals surface area contributed by atoms with E-state index in [1.165, 1.54) is 38.5 Å². The van der Waals surface area contributed by atoms with E-state index in [2.05, 4.69) is 0 Å². The maximum Gasteiger partial charge on any atom is 3.00 e. The van der Waals surface area contributed by atoms with Crippen molar-refractivity contribution < 1.29 is 28.4 Å². The Morgan fingerprint density at radius 2 is 0.676 bits per heavy atom. The Morgan fingerprint density at radius 3 is 0.811 bits per heavy atom. The summed E-state index contributed by atoms with van der Waals surface area (Å²) in [4.78, 5) is 34.5. The molecular formula is C27H54AlO6P3. The molecule has 6 unspecified atom stereocenters. The molecule has 3 fully saturated rings. The second-order valence-electron chi connectivity index (χ2n) is 11.5. The molecule has 0 aromatic heterocycles. The summed E-state index contributed by atoms with van der Waals surface area (Å²) in [5, 5.41) is 0. The van der Waals surface area contributed by atoms with Gasteiger partial charge < -0.3 is 28.4 Å². The van der Waals surface area contributed by atoms with E-state index >= 15 is 0 Å². The second kappa shape index (κ2) is 17.8. The summed E-state index contributed by atoms with van der Waals surface area (Å²) < 4.78 is 34.5. The third kappa shape index (κ3) is 12.2. The molecule has 0 aromatic rings. The predicted molar refractivity (Wildman–Crippen MR) is 154 cm³/mol. The minimum Gasteiger partial charge on any atom is -0.799 e. The van der Waals surface area contributed by atoms with Crippen LogP contribution in [0.25, 0.3) is 0 Å². The molecule has 6 nitrogen and oxygen atoms in total. The minimum atomic E-state index is -3.06. The van der Waals surface area contributed by atoms with E-state index in [-0.39, 0.29) is 34.3 Å². The summed E-state index contributed by atoms with van der Waals surface area (Å²) in [5.74, 6) is 1.36. The number of hydrogen-bond acceptors (Lipinski definition) is 6. The second-order valence-corrected chi connectivity index (χ2v) is 20.2. The minimum absolute atomic E-state index is 0. The van der Waals surface area contributed by atoms with Gasteiger partial charge in [-0.1, -0.05) is 80.1 Å². The van der Waals surface area contributed by atoms with Gasteiger partial charge in [0.25, 0.3) is 0 Å². The van der Waals surface area contributed by atoms with Gasteiger partial charge in [-0.2, -0.15) is 0 Å². The van der Waals surface area contributed by atoms with Crippen molar-refractivity contribution >= 4 is 39.5 Å². The molecule has 0 amide bonds. The van der Waals surface area contributed by atoms with E-state index in [9.17, 15) is 28.4 Å². The first kappa shape index (κ1) is 38.1. The Balaban J connectivity index is 0.000000518. The summed E-state index contributed by atoms with van der Waals surface area (Å²) in [6.45, 7) is 10.9. The van der Waals surface area contributed by atoms with E-state index in [1.54, 1.807) is 20.8 Å². The molecule has 0 saturated heterocycles. The van der Waals surface area contributed by atoms with Crippen molar-refractivity contribution in [2.75, 3.05) is 18.5 Å². The third-order valence-corrected chi connectivity index (χ3v) is 17.1. The summed E-state index contributed by atoms with van der Waals surface area (Å²) in [6.07, 6.45) is 15.0. The smallest absolute Gasteiger partial charge is 0.799 e. The normalized spacial score (nSPS) is 26.2. The first-order chi connectivity index (χ1) is 16.7. The van der Waals surface area contributed by atoms with Crippen LogP contribution >= 0.6 is 22.1 Å². The van der Waals surface area contributed by atoms with Crippen molar-refractivity contribution in [1.82, 2.24) is 0 Å². The largest absolute Gasteiger partial charge is 3.00 e. The van der Waals surface area contributed by atoms with Gasteiger partial charge in [0.2, 0.25) is 0 Å². The zero-order chi connectivity index (χ0) is 27.6. The monoisotopic (exact) mass is 594 g/mol. The molecule has 0 heterocycles. The fourth-order valence-corrected chi connectivity index (χ4v) is 10.7. The van der Waals surface area contributed by atoms with E-state index in [0.29, 0.717) is 36.2 Å². The van der Waals surface area contributed by atoms with Crippen LogP contribution in [0.3, 0.4) is 0 Å². The van der Waals surface area contributed by atoms with Crippen molar-refractivity contribution in [3.8, 4) is 0 Å². The molecule has 0 N–H and O–H groups in total. The van der Waals surface area contributed by atoms with E-state index in [4.69, 9.17) is 0 Å². The predicted octanol–water partition coefficient (Wildman–Crippen LogP) is 6.29. The van der Waals surface area contributed by atoms with E-state index < -0.39 is 22.1 Å². The molecular weight excluding hydrogens is 540 g/mol. The summed E-state index contributed by atoms with van der Waals surface area (Å²) in [6, 6.07) is 0. The molecule has 0 bridgehead atoms. The van der Waals surface area contributed by atoms with Crippen molar-refractivity contribution in [1.29, 1.82) is 0 Å². The van der Waals surface area contributed by atoms with Crippen molar-refractivity contribution in [2.45, 2.75) is 136 Å². The SMILES string of the molecule is CCP(=O)([O-])C(C)C1CCCC1.CCP(=O)([O-])C(C)C1CCCC1.CCP(=O)([O-])C(C)C1CCCC1.[Al+3]. The number of rotatable bonds is 9. The summed E-state index contributed by atoms with van der Waals surface area (Å²) in [5.41, 5.74) is -0.236. The fraction of sp³-hybridized carbons (Fsp3) is 1.00. The van der Waals surface area contributed by atoms with E-state index in [1.807, 2.05) is 20.8 Å². The summed E-state index contributed by atoms with van der Waals surface area (Å²) >= 11 is 0. The van der Waals surface area contributed by atoms with Gasteiger partial charge >= 0.3 is 17.4 Å². The van der Waals surface area contributed by atoms with Crippen LogP contribution in [0.15, 0.2) is 0 Å². The average molecular weight is 595 g/mol. The van der Waals surface area contributed by atoms with E-state index in [0.717, 1.165) is 38.5 Å². The van der Waals surface area contributed by atoms with Crippen LogP contribution in [-0.2, 0) is 13.7 Å². The van der Waals surface area contributed by atoms with Crippen LogP contribution in [0.5, 0.6) is 0 Å². The van der Waals surface area contributed by atoms with Crippen LogP contribution in [0.2, 0.25) is 0 Å². The van der Waals surface area contributed by atoms with Gasteiger partial charge in [0, 0.05) is 22.1 Å². The molecule has 3 saturated carbocycles. The van der Waals surface area contributed by atoms with Crippen LogP contribution in [-0.4, -0.2) is 52.8 Å². The molecule has 10 heteroatoms. The standard InChI is InChI=1S/3C9H19O2P.Al/c3*1-3-12(10,11)8(2)9-6-4-5-7-9;/h3*8-9H,3-7H2,1-2H3,(H,10,11);/q;;;+3/p-3. The average Bonchev–Trinajstić information content (AvgIpc) is 3.66. The van der Waals surface area contributed by atoms with Crippen molar-refractivity contribution in [3.63, 3.8) is 0 Å². The topological polar surface area (TPSA) is 120 Å². The Hall–Kier alpha value is 1.10. The van der Waals surface area contributed by atoms with Gasteiger partial charge in [-0.05, 0) is 91.7 Å². The van der Waals surface area contributed by atoms with Gasteiger partial charge in [-0.3, -0.25) is 0 Å². The first-order valence-corrected chi connectivity index (χ1v) is 20.3. The van der Waals surface area contributed by atoms with Crippen molar-refractivity contribution in [2.24, 2.45) is 17.8 Å². The third-order valence-electron chi connectivity index (χ3n) is 9.43. The molecule has 37 heavy (non-hydrogen) atoms. The molecule has 216 valence electrons. The molecule has 3 aliphatic carbocycles. The van der Waals surface area contributed by atoms with Crippen LogP contribution in [0.1, 0.15) is 119 Å². The molecule has 0 spiro atoms. The maximum absolute atomic E-state index is 11.5. The van der Waals surface area contributed by atoms with Gasteiger partial charge in [0.05, 0.1) is 0 Å². The van der Waals surface area contributed by atoms with Crippen LogP contribution in [0.4, 0.5) is 0 Å². The zero-order valence-corrected chi connectivity index (χ0v) is 28.3. The van der Waals surface area contributed by atoms with Gasteiger partial charge in [0.1, 0.15) is 0 Å². The molecule has 3 aliphatic rings. The van der Waals surface area contributed by atoms with Crippen LogP contribution < -0.4 is 14.7 Å². The fourth-order valence-electron chi connectivity index (χ4n) is 6.15. The van der Waals surface area contributed by atoms with Gasteiger partial charge in [-0.15, -0.1) is 0 Å². The molecule has 0 radical (unpaired) electrons. The number of hydrogen-bond donors (Lipinski definition) is 0. The Morgan fingerprint density at radius 1 is 0.514 bits per heavy atom. The van der Waals surface area contributed by atoms with Gasteiger partial charge in [-0.25, -0.2) is 0 Å². The molecule has 0 aliphatic heterocycles. The quantitative estimate of drug-likeness (QED) is 0.229. The zero-order valence-electron chi connectivity index (χ0n) is 24.4. The Labute approximate surface area is 239 Å². The Bertz CT molecular complexity index is 661. The Kier molecular flexibility index (Phi) is 18.3.